The lowest BCUT2D eigenvalue weighted by atomic mass is 10.1. The molecule has 1 atom stereocenters. The van der Waals surface area contributed by atoms with Crippen molar-refractivity contribution in [2.75, 3.05) is 0 Å². The highest BCUT2D eigenvalue weighted by molar-refractivity contribution is 5.98. The first kappa shape index (κ1) is 16.1. The van der Waals surface area contributed by atoms with E-state index in [0.29, 0.717) is 0 Å². The molecule has 0 aliphatic carbocycles. The number of non-ortho nitro benzene ring substituents is 1. The standard InChI is InChI=1S/C15H13N3O5/c1-10(11-5-3-2-4-6-11)16-15(19)13-8-7-12(17(20)21)9-14(13)18(22)23/h2-10H,1H3,(H,16,19). The zero-order valence-corrected chi connectivity index (χ0v) is 12.1. The van der Waals surface area contributed by atoms with E-state index in [9.17, 15) is 25.0 Å². The number of amides is 1. The molecule has 2 aromatic carbocycles. The van der Waals surface area contributed by atoms with E-state index < -0.39 is 27.1 Å². The Balaban J connectivity index is 2.28. The highest BCUT2D eigenvalue weighted by Crippen LogP contribution is 2.25. The number of rotatable bonds is 5. The lowest BCUT2D eigenvalue weighted by Crippen LogP contribution is -2.27. The van der Waals surface area contributed by atoms with Gasteiger partial charge >= 0.3 is 0 Å². The number of carbonyl (C=O) groups is 1. The molecule has 0 aliphatic rings. The number of hydrogen-bond donors (Lipinski definition) is 1. The summed E-state index contributed by atoms with van der Waals surface area (Å²) in [5, 5.41) is 24.4. The molecule has 1 amide bonds. The van der Waals surface area contributed by atoms with Gasteiger partial charge < -0.3 is 5.32 Å². The second kappa shape index (κ2) is 6.65. The van der Waals surface area contributed by atoms with Crippen LogP contribution < -0.4 is 5.32 Å². The van der Waals surface area contributed by atoms with Crippen molar-refractivity contribution in [3.8, 4) is 0 Å². The van der Waals surface area contributed by atoms with Gasteiger partial charge in [-0.05, 0) is 18.6 Å². The molecular weight excluding hydrogens is 302 g/mol. The largest absolute Gasteiger partial charge is 0.345 e. The molecule has 8 heteroatoms. The van der Waals surface area contributed by atoms with Crippen LogP contribution in [0.4, 0.5) is 11.4 Å². The molecule has 0 bridgehead atoms. The van der Waals surface area contributed by atoms with Gasteiger partial charge in [-0.15, -0.1) is 0 Å². The minimum Gasteiger partial charge on any atom is -0.345 e. The number of nitrogens with one attached hydrogen (secondary N) is 1. The van der Waals surface area contributed by atoms with Gasteiger partial charge in [0.25, 0.3) is 17.3 Å². The Bertz CT molecular complexity index is 761. The molecule has 2 aromatic rings. The first-order valence-electron chi connectivity index (χ1n) is 6.69. The van der Waals surface area contributed by atoms with Crippen molar-refractivity contribution in [1.82, 2.24) is 5.32 Å². The summed E-state index contributed by atoms with van der Waals surface area (Å²) in [4.78, 5) is 32.5. The zero-order valence-electron chi connectivity index (χ0n) is 12.1. The van der Waals surface area contributed by atoms with Gasteiger partial charge in [0.1, 0.15) is 5.56 Å². The smallest absolute Gasteiger partial charge is 0.289 e. The van der Waals surface area contributed by atoms with Crippen molar-refractivity contribution in [2.45, 2.75) is 13.0 Å². The van der Waals surface area contributed by atoms with Gasteiger partial charge in [-0.25, -0.2) is 0 Å². The summed E-state index contributed by atoms with van der Waals surface area (Å²) < 4.78 is 0. The molecular formula is C15H13N3O5. The molecule has 0 heterocycles. The van der Waals surface area contributed by atoms with Gasteiger partial charge in [0.2, 0.25) is 0 Å². The third-order valence-corrected chi connectivity index (χ3v) is 3.28. The molecule has 2 rings (SSSR count). The van der Waals surface area contributed by atoms with Gasteiger partial charge in [-0.1, -0.05) is 30.3 Å². The van der Waals surface area contributed by atoms with Crippen LogP contribution in [-0.4, -0.2) is 15.8 Å². The maximum Gasteiger partial charge on any atom is 0.289 e. The van der Waals surface area contributed by atoms with Crippen molar-refractivity contribution in [1.29, 1.82) is 0 Å². The molecule has 1 N–H and O–H groups in total. The van der Waals surface area contributed by atoms with Crippen LogP contribution in [0.5, 0.6) is 0 Å². The van der Waals surface area contributed by atoms with E-state index in [2.05, 4.69) is 5.32 Å². The molecule has 0 spiro atoms. The molecule has 0 radical (unpaired) electrons. The van der Waals surface area contributed by atoms with Crippen molar-refractivity contribution < 1.29 is 14.6 Å². The molecule has 1 unspecified atom stereocenters. The van der Waals surface area contributed by atoms with Crippen molar-refractivity contribution in [2.24, 2.45) is 0 Å². The summed E-state index contributed by atoms with van der Waals surface area (Å²) in [5.74, 6) is -0.664. The van der Waals surface area contributed by atoms with E-state index in [1.807, 2.05) is 30.3 Å². The summed E-state index contributed by atoms with van der Waals surface area (Å²) in [7, 11) is 0. The number of nitro groups is 2. The maximum atomic E-state index is 12.2. The monoisotopic (exact) mass is 315 g/mol. The third-order valence-electron chi connectivity index (χ3n) is 3.28. The summed E-state index contributed by atoms with van der Waals surface area (Å²) >= 11 is 0. The molecule has 0 aliphatic heterocycles. The number of nitro benzene ring substituents is 2. The second-order valence-electron chi connectivity index (χ2n) is 4.82. The molecule has 0 saturated carbocycles. The average Bonchev–Trinajstić information content (AvgIpc) is 2.54. The Morgan fingerprint density at radius 3 is 2.26 bits per heavy atom. The minimum absolute atomic E-state index is 0.219. The second-order valence-corrected chi connectivity index (χ2v) is 4.82. The van der Waals surface area contributed by atoms with Gasteiger partial charge in [-0.2, -0.15) is 0 Å². The summed E-state index contributed by atoms with van der Waals surface area (Å²) in [6, 6.07) is 11.7. The first-order valence-corrected chi connectivity index (χ1v) is 6.69. The van der Waals surface area contributed by atoms with Gasteiger partial charge in [0.15, 0.2) is 0 Å². The van der Waals surface area contributed by atoms with E-state index in [0.717, 1.165) is 23.8 Å². The molecule has 0 saturated heterocycles. The fourth-order valence-corrected chi connectivity index (χ4v) is 2.08. The fourth-order valence-electron chi connectivity index (χ4n) is 2.08. The minimum atomic E-state index is -0.810. The van der Waals surface area contributed by atoms with Crippen LogP contribution in [0.15, 0.2) is 48.5 Å². The van der Waals surface area contributed by atoms with Crippen LogP contribution in [0.1, 0.15) is 28.9 Å². The van der Waals surface area contributed by atoms with E-state index >= 15 is 0 Å². The Morgan fingerprint density at radius 2 is 1.70 bits per heavy atom. The van der Waals surface area contributed by atoms with Crippen LogP contribution in [0.25, 0.3) is 0 Å². The SMILES string of the molecule is CC(NC(=O)c1ccc([N+](=O)[O-])cc1[N+](=O)[O-])c1ccccc1. The maximum absolute atomic E-state index is 12.2. The molecule has 8 nitrogen and oxygen atoms in total. The van der Waals surface area contributed by atoms with Crippen LogP contribution >= 0.6 is 0 Å². The predicted octanol–water partition coefficient (Wildman–Crippen LogP) is 2.99. The summed E-state index contributed by atoms with van der Waals surface area (Å²) in [5.41, 5.74) is -0.421. The third kappa shape index (κ3) is 3.67. The highest BCUT2D eigenvalue weighted by Gasteiger charge is 2.24. The van der Waals surface area contributed by atoms with E-state index in [1.54, 1.807) is 6.92 Å². The van der Waals surface area contributed by atoms with E-state index in [-0.39, 0.29) is 11.6 Å². The summed E-state index contributed by atoms with van der Waals surface area (Å²) in [6.07, 6.45) is 0. The quantitative estimate of drug-likeness (QED) is 0.672. The Morgan fingerprint density at radius 1 is 1.04 bits per heavy atom. The molecule has 0 aromatic heterocycles. The zero-order chi connectivity index (χ0) is 17.0. The number of carbonyl (C=O) groups excluding carboxylic acids is 1. The van der Waals surface area contributed by atoms with Crippen molar-refractivity contribution >= 4 is 17.3 Å². The van der Waals surface area contributed by atoms with Crippen LogP contribution in [0, 0.1) is 20.2 Å². The molecule has 23 heavy (non-hydrogen) atoms. The fraction of sp³-hybridized carbons (Fsp3) is 0.133. The highest BCUT2D eigenvalue weighted by atomic mass is 16.6. The van der Waals surface area contributed by atoms with E-state index in [1.165, 1.54) is 0 Å². The van der Waals surface area contributed by atoms with Crippen LogP contribution in [0.2, 0.25) is 0 Å². The lowest BCUT2D eigenvalue weighted by molar-refractivity contribution is -0.394. The average molecular weight is 315 g/mol. The predicted molar refractivity (Wildman–Crippen MR) is 82.1 cm³/mol. The summed E-state index contributed by atoms with van der Waals surface area (Å²) in [6.45, 7) is 1.74. The normalized spacial score (nSPS) is 11.5. The van der Waals surface area contributed by atoms with Crippen LogP contribution in [-0.2, 0) is 0 Å². The molecule has 0 fully saturated rings. The Hall–Kier alpha value is -3.29. The topological polar surface area (TPSA) is 115 Å². The molecule has 118 valence electrons. The Kier molecular flexibility index (Phi) is 4.65. The first-order chi connectivity index (χ1) is 10.9. The van der Waals surface area contributed by atoms with Crippen LogP contribution in [0.3, 0.4) is 0 Å². The number of nitrogens with zero attached hydrogens (tertiary/aromatic N) is 2. The number of hydrogen-bond acceptors (Lipinski definition) is 5. The number of benzene rings is 2. The van der Waals surface area contributed by atoms with Gasteiger partial charge in [0, 0.05) is 6.07 Å². The van der Waals surface area contributed by atoms with Gasteiger partial charge in [0.05, 0.1) is 22.0 Å². The van der Waals surface area contributed by atoms with Gasteiger partial charge in [-0.3, -0.25) is 25.0 Å². The van der Waals surface area contributed by atoms with Crippen molar-refractivity contribution in [3.05, 3.63) is 79.9 Å². The van der Waals surface area contributed by atoms with Crippen molar-refractivity contribution in [3.63, 3.8) is 0 Å². The lowest BCUT2D eigenvalue weighted by Gasteiger charge is -2.14. The van der Waals surface area contributed by atoms with E-state index in [4.69, 9.17) is 0 Å². The Labute approximate surface area is 131 Å².